The Labute approximate surface area is 155 Å². The van der Waals surface area contributed by atoms with Gasteiger partial charge in [0.2, 0.25) is 0 Å². The zero-order chi connectivity index (χ0) is 18.3. The third kappa shape index (κ3) is 2.84. The average Bonchev–Trinajstić information content (AvgIpc) is 3.29. The molecule has 7 nitrogen and oxygen atoms in total. The zero-order valence-corrected chi connectivity index (χ0v) is 15.9. The van der Waals surface area contributed by atoms with Gasteiger partial charge in [-0.2, -0.15) is 5.10 Å². The van der Waals surface area contributed by atoms with Crippen LogP contribution in [0.2, 0.25) is 0 Å². The molecule has 3 aromatic rings. The van der Waals surface area contributed by atoms with Crippen molar-refractivity contribution in [1.29, 1.82) is 0 Å². The Morgan fingerprint density at radius 3 is 2.69 bits per heavy atom. The molecule has 1 aliphatic heterocycles. The summed E-state index contributed by atoms with van der Waals surface area (Å²) in [5, 5.41) is 5.34. The van der Waals surface area contributed by atoms with Gasteiger partial charge in [0, 0.05) is 25.5 Å². The molecule has 0 unspecified atom stereocenters. The van der Waals surface area contributed by atoms with E-state index in [1.807, 2.05) is 37.0 Å². The van der Waals surface area contributed by atoms with Gasteiger partial charge in [0.1, 0.15) is 21.3 Å². The van der Waals surface area contributed by atoms with Crippen molar-refractivity contribution >= 4 is 33.3 Å². The zero-order valence-electron chi connectivity index (χ0n) is 15.1. The smallest absolute Gasteiger partial charge is 0.348 e. The Balaban J connectivity index is 1.68. The van der Waals surface area contributed by atoms with Crippen LogP contribution in [0.15, 0.2) is 18.5 Å². The van der Waals surface area contributed by atoms with Gasteiger partial charge in [-0.3, -0.25) is 4.68 Å². The van der Waals surface area contributed by atoms with Crippen molar-refractivity contribution in [3.63, 3.8) is 0 Å². The van der Waals surface area contributed by atoms with Crippen LogP contribution in [0.5, 0.6) is 0 Å². The molecule has 0 bridgehead atoms. The van der Waals surface area contributed by atoms with Crippen LogP contribution >= 0.6 is 11.3 Å². The van der Waals surface area contributed by atoms with E-state index >= 15 is 0 Å². The molecule has 1 aliphatic rings. The van der Waals surface area contributed by atoms with Gasteiger partial charge >= 0.3 is 5.97 Å². The number of aryl methyl sites for hydroxylation is 2. The van der Waals surface area contributed by atoms with Gasteiger partial charge in [-0.25, -0.2) is 14.8 Å². The molecule has 0 amide bonds. The first-order chi connectivity index (χ1) is 12.6. The van der Waals surface area contributed by atoms with Crippen LogP contribution in [0.25, 0.3) is 10.2 Å². The number of aromatic nitrogens is 4. The predicted molar refractivity (Wildman–Crippen MR) is 101 cm³/mol. The maximum Gasteiger partial charge on any atom is 0.348 e. The van der Waals surface area contributed by atoms with E-state index in [-0.39, 0.29) is 5.97 Å². The van der Waals surface area contributed by atoms with Gasteiger partial charge < -0.3 is 9.64 Å². The van der Waals surface area contributed by atoms with Gasteiger partial charge in [0.15, 0.2) is 0 Å². The number of hydrogen-bond donors (Lipinski definition) is 0. The second-order valence-electron chi connectivity index (χ2n) is 6.53. The number of anilines is 1. The summed E-state index contributed by atoms with van der Waals surface area (Å²) in [6.07, 6.45) is 5.88. The lowest BCUT2D eigenvalue weighted by Gasteiger charge is -2.33. The molecule has 0 N–H and O–H groups in total. The Bertz CT molecular complexity index is 942. The maximum atomic E-state index is 12.1. The lowest BCUT2D eigenvalue weighted by Crippen LogP contribution is -2.35. The largest absolute Gasteiger partial charge is 0.465 e. The molecule has 8 heteroatoms. The molecule has 26 heavy (non-hydrogen) atoms. The van der Waals surface area contributed by atoms with Crippen LogP contribution < -0.4 is 4.90 Å². The molecular weight excluding hydrogens is 350 g/mol. The predicted octanol–water partition coefficient (Wildman–Crippen LogP) is 3.13. The molecule has 1 fully saturated rings. The summed E-state index contributed by atoms with van der Waals surface area (Å²) in [6, 6.07) is 2.39. The third-order valence-corrected chi connectivity index (χ3v) is 6.08. The molecule has 0 aliphatic carbocycles. The van der Waals surface area contributed by atoms with Crippen LogP contribution in [0.1, 0.15) is 39.9 Å². The first-order valence-corrected chi connectivity index (χ1v) is 9.50. The monoisotopic (exact) mass is 371 g/mol. The van der Waals surface area contributed by atoms with E-state index in [0.29, 0.717) is 10.9 Å². The van der Waals surface area contributed by atoms with Crippen LogP contribution in [-0.4, -0.2) is 45.9 Å². The van der Waals surface area contributed by atoms with Crippen molar-refractivity contribution in [2.45, 2.75) is 32.7 Å². The first-order valence-electron chi connectivity index (χ1n) is 8.68. The van der Waals surface area contributed by atoms with Crippen LogP contribution in [-0.2, 0) is 4.74 Å². The summed E-state index contributed by atoms with van der Waals surface area (Å²) in [4.78, 5) is 25.1. The fraction of sp³-hybridized carbons (Fsp3) is 0.444. The number of ether oxygens (including phenoxy) is 1. The van der Waals surface area contributed by atoms with E-state index in [1.54, 1.807) is 0 Å². The summed E-state index contributed by atoms with van der Waals surface area (Å²) < 4.78 is 6.96. The van der Waals surface area contributed by atoms with Gasteiger partial charge in [0.25, 0.3) is 0 Å². The molecule has 4 heterocycles. The number of carbonyl (C=O) groups excluding carboxylic acids is 1. The highest BCUT2D eigenvalue weighted by atomic mass is 32.1. The van der Waals surface area contributed by atoms with Crippen LogP contribution in [0, 0.1) is 13.8 Å². The van der Waals surface area contributed by atoms with Gasteiger partial charge in [-0.1, -0.05) is 0 Å². The van der Waals surface area contributed by atoms with E-state index in [9.17, 15) is 4.79 Å². The number of hydrogen-bond acceptors (Lipinski definition) is 7. The number of piperidine rings is 1. The fourth-order valence-electron chi connectivity index (χ4n) is 3.58. The molecule has 3 aromatic heterocycles. The normalized spacial score (nSPS) is 15.6. The van der Waals surface area contributed by atoms with Crippen molar-refractivity contribution in [3.05, 3.63) is 34.7 Å². The highest BCUT2D eigenvalue weighted by Crippen LogP contribution is 2.37. The number of nitrogens with zero attached hydrogens (tertiary/aromatic N) is 5. The van der Waals surface area contributed by atoms with Crippen molar-refractivity contribution in [2.75, 3.05) is 25.1 Å². The van der Waals surface area contributed by atoms with E-state index in [2.05, 4.69) is 15.0 Å². The number of methoxy groups -OCH3 is 1. The maximum absolute atomic E-state index is 12.1. The van der Waals surface area contributed by atoms with E-state index < -0.39 is 0 Å². The van der Waals surface area contributed by atoms with Crippen LogP contribution in [0.4, 0.5) is 5.82 Å². The summed E-state index contributed by atoms with van der Waals surface area (Å²) >= 11 is 1.38. The number of rotatable bonds is 3. The number of thiophene rings is 1. The Morgan fingerprint density at radius 1 is 1.27 bits per heavy atom. The van der Waals surface area contributed by atoms with Crippen LogP contribution in [0.3, 0.4) is 0 Å². The molecule has 0 atom stereocenters. The Morgan fingerprint density at radius 2 is 2.04 bits per heavy atom. The van der Waals surface area contributed by atoms with Crippen molar-refractivity contribution < 1.29 is 9.53 Å². The average molecular weight is 371 g/mol. The molecule has 4 rings (SSSR count). The van der Waals surface area contributed by atoms with Gasteiger partial charge in [-0.05, 0) is 38.3 Å². The second-order valence-corrected chi connectivity index (χ2v) is 7.53. The lowest BCUT2D eigenvalue weighted by atomic mass is 10.0. The number of esters is 1. The van der Waals surface area contributed by atoms with E-state index in [0.717, 1.165) is 53.4 Å². The first kappa shape index (κ1) is 17.0. The molecule has 0 aromatic carbocycles. The Kier molecular flexibility index (Phi) is 4.36. The third-order valence-electron chi connectivity index (χ3n) is 4.92. The highest BCUT2D eigenvalue weighted by Gasteiger charge is 2.26. The SMILES string of the molecule is COC(=O)c1sc2nc(C)nc(N3CCC(n4cccn4)CC3)c2c1C. The van der Waals surface area contributed by atoms with Gasteiger partial charge in [-0.15, -0.1) is 11.3 Å². The standard InChI is InChI=1S/C18H21N5O2S/c1-11-14-16(20-12(2)21-17(14)26-15(11)18(24)25-3)22-9-5-13(6-10-22)23-8-4-7-19-23/h4,7-8,13H,5-6,9-10H2,1-3H3. The van der Waals surface area contributed by atoms with Gasteiger partial charge in [0.05, 0.1) is 18.5 Å². The summed E-state index contributed by atoms with van der Waals surface area (Å²) in [5.41, 5.74) is 0.904. The lowest BCUT2D eigenvalue weighted by molar-refractivity contribution is 0.0605. The number of carbonyl (C=O) groups is 1. The quantitative estimate of drug-likeness (QED) is 0.659. The molecule has 1 saturated heterocycles. The highest BCUT2D eigenvalue weighted by molar-refractivity contribution is 7.20. The van der Waals surface area contributed by atoms with E-state index in [1.165, 1.54) is 18.4 Å². The molecule has 0 radical (unpaired) electrons. The summed E-state index contributed by atoms with van der Waals surface area (Å²) in [5.74, 6) is 1.33. The Hall–Kier alpha value is -2.48. The minimum atomic E-state index is -0.313. The van der Waals surface area contributed by atoms with Crippen molar-refractivity contribution in [3.8, 4) is 0 Å². The molecule has 136 valence electrons. The molecule has 0 spiro atoms. The summed E-state index contributed by atoms with van der Waals surface area (Å²) in [7, 11) is 1.41. The number of fused-ring (bicyclic) bond motifs is 1. The second kappa shape index (κ2) is 6.68. The summed E-state index contributed by atoms with van der Waals surface area (Å²) in [6.45, 7) is 5.65. The molecular formula is C18H21N5O2S. The van der Waals surface area contributed by atoms with Crippen molar-refractivity contribution in [1.82, 2.24) is 19.7 Å². The minimum Gasteiger partial charge on any atom is -0.465 e. The fourth-order valence-corrected chi connectivity index (χ4v) is 4.72. The minimum absolute atomic E-state index is 0.313. The van der Waals surface area contributed by atoms with Crippen molar-refractivity contribution in [2.24, 2.45) is 0 Å². The topological polar surface area (TPSA) is 73.1 Å². The molecule has 0 saturated carbocycles. The van der Waals surface area contributed by atoms with E-state index in [4.69, 9.17) is 9.72 Å².